The monoisotopic (exact) mass is 459 g/mol. The molecule has 1 saturated heterocycles. The zero-order valence-electron chi connectivity index (χ0n) is 17.8. The van der Waals surface area contributed by atoms with Crippen LogP contribution in [0.25, 0.3) is 0 Å². The number of fused-ring (bicyclic) bond motifs is 3. The van der Waals surface area contributed by atoms with Crippen LogP contribution in [0.15, 0.2) is 16.9 Å². The molecule has 174 valence electrons. The van der Waals surface area contributed by atoms with Crippen LogP contribution >= 0.6 is 0 Å². The summed E-state index contributed by atoms with van der Waals surface area (Å²) in [7, 11) is 0. The lowest BCUT2D eigenvalue weighted by Gasteiger charge is -2.39. The molecule has 1 amide bonds. The van der Waals surface area contributed by atoms with Crippen LogP contribution in [0.1, 0.15) is 30.4 Å². The minimum atomic E-state index is -1.16. The van der Waals surface area contributed by atoms with Gasteiger partial charge in [-0.25, -0.2) is 8.78 Å². The summed E-state index contributed by atoms with van der Waals surface area (Å²) in [4.78, 5) is 47.0. The van der Waals surface area contributed by atoms with Gasteiger partial charge in [-0.15, -0.1) is 0 Å². The van der Waals surface area contributed by atoms with Gasteiger partial charge in [-0.05, 0) is 31.7 Å². The molecule has 33 heavy (non-hydrogen) atoms. The standard InChI is InChI=1S/C22H23F2N5O4/c23-13-10-15(24)17-16(11-13)29(8-9-33-12-30)20(32)22(17)3-6-28(7-4-22)21-26-18-14(19(31)27-21)2-1-5-25-18/h10-12H,1-9H2,(H2,25,26,27,31). The number of aromatic amines is 1. The van der Waals surface area contributed by atoms with Crippen LogP contribution in [-0.4, -0.2) is 55.1 Å². The Morgan fingerprint density at radius 2 is 2.00 bits per heavy atom. The molecule has 3 aliphatic rings. The fourth-order valence-electron chi connectivity index (χ4n) is 5.19. The van der Waals surface area contributed by atoms with Gasteiger partial charge in [0.2, 0.25) is 11.9 Å². The van der Waals surface area contributed by atoms with Crippen LogP contribution in [0.3, 0.4) is 0 Å². The summed E-state index contributed by atoms with van der Waals surface area (Å²) in [5.41, 5.74) is -0.362. The second-order valence-corrected chi connectivity index (χ2v) is 8.52. The van der Waals surface area contributed by atoms with Gasteiger partial charge in [-0.2, -0.15) is 4.98 Å². The van der Waals surface area contributed by atoms with Crippen LogP contribution in [0.4, 0.5) is 26.2 Å². The lowest BCUT2D eigenvalue weighted by atomic mass is 9.73. The Hall–Kier alpha value is -3.50. The van der Waals surface area contributed by atoms with Gasteiger partial charge < -0.3 is 19.9 Å². The SMILES string of the molecule is O=COCCN1C(=O)C2(CCN(c3nc4c(c(=O)[nH]3)CCCN4)CC2)c2c(F)cc(F)cc21. The van der Waals surface area contributed by atoms with Crippen LogP contribution in [-0.2, 0) is 26.2 Å². The van der Waals surface area contributed by atoms with Crippen molar-refractivity contribution in [2.45, 2.75) is 31.1 Å². The molecule has 4 heterocycles. The maximum absolute atomic E-state index is 15.0. The minimum absolute atomic E-state index is 0.00426. The molecule has 11 heteroatoms. The van der Waals surface area contributed by atoms with Gasteiger partial charge in [0, 0.05) is 31.3 Å². The molecule has 0 aliphatic carbocycles. The van der Waals surface area contributed by atoms with Crippen molar-refractivity contribution in [2.24, 2.45) is 0 Å². The third-order valence-corrected chi connectivity index (χ3v) is 6.77. The van der Waals surface area contributed by atoms with E-state index >= 15 is 0 Å². The number of nitrogens with zero attached hydrogens (tertiary/aromatic N) is 3. The molecule has 0 bridgehead atoms. The number of hydrogen-bond acceptors (Lipinski definition) is 7. The largest absolute Gasteiger partial charge is 0.466 e. The molecule has 2 aromatic rings. The highest BCUT2D eigenvalue weighted by atomic mass is 19.1. The number of halogens is 2. The predicted molar refractivity (Wildman–Crippen MR) is 116 cm³/mol. The van der Waals surface area contributed by atoms with E-state index in [1.54, 1.807) is 0 Å². The molecule has 0 saturated carbocycles. The molecule has 0 unspecified atom stereocenters. The number of rotatable bonds is 5. The molecule has 1 fully saturated rings. The van der Waals surface area contributed by atoms with E-state index < -0.39 is 17.0 Å². The van der Waals surface area contributed by atoms with Crippen LogP contribution in [0, 0.1) is 11.6 Å². The van der Waals surface area contributed by atoms with Crippen LogP contribution in [0.5, 0.6) is 0 Å². The number of anilines is 3. The Bertz CT molecular complexity index is 1180. The Kier molecular flexibility index (Phi) is 5.26. The fraction of sp³-hybridized carbons (Fsp3) is 0.455. The van der Waals surface area contributed by atoms with Gasteiger partial charge in [0.1, 0.15) is 24.1 Å². The highest BCUT2D eigenvalue weighted by Crippen LogP contribution is 2.49. The topological polar surface area (TPSA) is 108 Å². The van der Waals surface area contributed by atoms with Gasteiger partial charge in [-0.3, -0.25) is 19.4 Å². The average Bonchev–Trinajstić information content (AvgIpc) is 3.02. The lowest BCUT2D eigenvalue weighted by molar-refractivity contribution is -0.129. The van der Waals surface area contributed by atoms with E-state index in [4.69, 9.17) is 4.74 Å². The van der Waals surface area contributed by atoms with Gasteiger partial charge >= 0.3 is 0 Å². The van der Waals surface area contributed by atoms with Crippen molar-refractivity contribution < 1.29 is 23.1 Å². The lowest BCUT2D eigenvalue weighted by Crippen LogP contribution is -2.50. The predicted octanol–water partition coefficient (Wildman–Crippen LogP) is 1.46. The molecular weight excluding hydrogens is 436 g/mol. The Morgan fingerprint density at radius 3 is 2.76 bits per heavy atom. The number of piperidine rings is 1. The summed E-state index contributed by atoms with van der Waals surface area (Å²) in [5, 5.41) is 3.15. The van der Waals surface area contributed by atoms with E-state index in [9.17, 15) is 23.2 Å². The smallest absolute Gasteiger partial charge is 0.293 e. The second kappa shape index (κ2) is 8.13. The van der Waals surface area contributed by atoms with Crippen molar-refractivity contribution in [2.75, 3.05) is 47.9 Å². The molecule has 1 aromatic carbocycles. The molecule has 0 atom stereocenters. The zero-order valence-corrected chi connectivity index (χ0v) is 17.8. The summed E-state index contributed by atoms with van der Waals surface area (Å²) in [5.74, 6) is -0.909. The number of carbonyl (C=O) groups is 2. The van der Waals surface area contributed by atoms with Crippen LogP contribution in [0.2, 0.25) is 0 Å². The third-order valence-electron chi connectivity index (χ3n) is 6.77. The van der Waals surface area contributed by atoms with Gasteiger partial charge in [0.05, 0.1) is 23.2 Å². The minimum Gasteiger partial charge on any atom is -0.466 e. The summed E-state index contributed by atoms with van der Waals surface area (Å²) < 4.78 is 33.7. The number of hydrogen-bond donors (Lipinski definition) is 2. The zero-order chi connectivity index (χ0) is 23.2. The van der Waals surface area contributed by atoms with Crippen molar-refractivity contribution in [3.63, 3.8) is 0 Å². The number of nitrogens with one attached hydrogen (secondary N) is 2. The Balaban J connectivity index is 1.44. The third kappa shape index (κ3) is 3.42. The normalized spacial score (nSPS) is 18.7. The second-order valence-electron chi connectivity index (χ2n) is 8.52. The number of benzene rings is 1. The van der Waals surface area contributed by atoms with E-state index in [2.05, 4.69) is 15.3 Å². The maximum atomic E-state index is 15.0. The highest BCUT2D eigenvalue weighted by Gasteiger charge is 2.54. The van der Waals surface area contributed by atoms with Crippen molar-refractivity contribution in [3.05, 3.63) is 45.2 Å². The van der Waals surface area contributed by atoms with Gasteiger partial charge in [0.25, 0.3) is 12.0 Å². The molecule has 1 aromatic heterocycles. The quantitative estimate of drug-likeness (QED) is 0.515. The number of H-pyrrole nitrogens is 1. The Morgan fingerprint density at radius 1 is 1.21 bits per heavy atom. The van der Waals surface area contributed by atoms with Gasteiger partial charge in [-0.1, -0.05) is 0 Å². The van der Waals surface area contributed by atoms with Crippen molar-refractivity contribution in [1.82, 2.24) is 9.97 Å². The van der Waals surface area contributed by atoms with E-state index in [0.717, 1.165) is 25.1 Å². The molecule has 1 spiro atoms. The van der Waals surface area contributed by atoms with E-state index in [-0.39, 0.29) is 55.2 Å². The van der Waals surface area contributed by atoms with Crippen molar-refractivity contribution >= 4 is 29.8 Å². The maximum Gasteiger partial charge on any atom is 0.293 e. The summed E-state index contributed by atoms with van der Waals surface area (Å²) >= 11 is 0. The first-order chi connectivity index (χ1) is 15.9. The molecule has 2 N–H and O–H groups in total. The summed E-state index contributed by atoms with van der Waals surface area (Å²) in [6, 6.07) is 1.94. The molecule has 3 aliphatic heterocycles. The number of carbonyl (C=O) groups excluding carboxylic acids is 2. The molecule has 0 radical (unpaired) electrons. The Labute approximate surface area is 187 Å². The fourth-order valence-corrected chi connectivity index (χ4v) is 5.19. The number of aromatic nitrogens is 2. The first-order valence-electron chi connectivity index (χ1n) is 10.9. The van der Waals surface area contributed by atoms with Crippen molar-refractivity contribution in [3.8, 4) is 0 Å². The van der Waals surface area contributed by atoms with Crippen LogP contribution < -0.4 is 20.7 Å². The first-order valence-corrected chi connectivity index (χ1v) is 10.9. The van der Waals surface area contributed by atoms with E-state index in [1.807, 2.05) is 4.90 Å². The molecular formula is C22H23F2N5O4. The average molecular weight is 459 g/mol. The number of ether oxygens (including phenoxy) is 1. The molecule has 5 rings (SSSR count). The highest BCUT2D eigenvalue weighted by molar-refractivity contribution is 6.08. The number of amides is 1. The summed E-state index contributed by atoms with van der Waals surface area (Å²) in [6.07, 6.45) is 2.06. The van der Waals surface area contributed by atoms with Crippen molar-refractivity contribution in [1.29, 1.82) is 0 Å². The van der Waals surface area contributed by atoms with Gasteiger partial charge in [0.15, 0.2) is 0 Å². The molecule has 9 nitrogen and oxygen atoms in total. The summed E-state index contributed by atoms with van der Waals surface area (Å²) in [6.45, 7) is 1.64. The van der Waals surface area contributed by atoms with E-state index in [1.165, 1.54) is 4.90 Å². The first kappa shape index (κ1) is 21.4. The van der Waals surface area contributed by atoms with E-state index in [0.29, 0.717) is 36.8 Å².